The number of amides is 1. The molecule has 0 spiro atoms. The molecule has 1 amide bonds. The van der Waals surface area contributed by atoms with Gasteiger partial charge in [-0.15, -0.1) is 11.3 Å². The van der Waals surface area contributed by atoms with Crippen LogP contribution in [0.3, 0.4) is 0 Å². The highest BCUT2D eigenvalue weighted by Gasteiger charge is 2.27. The number of hydrogen-bond acceptors (Lipinski definition) is 4. The van der Waals surface area contributed by atoms with Gasteiger partial charge < -0.3 is 4.74 Å². The van der Waals surface area contributed by atoms with Crippen molar-refractivity contribution in [2.24, 2.45) is 0 Å². The van der Waals surface area contributed by atoms with Gasteiger partial charge in [0, 0.05) is 28.1 Å². The number of aromatic nitrogens is 1. The van der Waals surface area contributed by atoms with Crippen molar-refractivity contribution >= 4 is 34.0 Å². The molecule has 7 heteroatoms. The monoisotopic (exact) mass is 416 g/mol. The summed E-state index contributed by atoms with van der Waals surface area (Å²) in [7, 11) is 0. The predicted octanol–water partition coefficient (Wildman–Crippen LogP) is 5.43. The summed E-state index contributed by atoms with van der Waals surface area (Å²) in [5, 5.41) is 3.12. The molecule has 1 saturated heterocycles. The van der Waals surface area contributed by atoms with Gasteiger partial charge in [0.2, 0.25) is 0 Å². The van der Waals surface area contributed by atoms with Crippen LogP contribution in [0.15, 0.2) is 53.9 Å². The first-order valence-electron chi connectivity index (χ1n) is 9.00. The van der Waals surface area contributed by atoms with E-state index < -0.39 is 5.82 Å². The average molecular weight is 417 g/mol. The Bertz CT molecular complexity index is 971. The molecule has 0 bridgehead atoms. The highest BCUT2D eigenvalue weighted by atomic mass is 35.5. The van der Waals surface area contributed by atoms with E-state index in [1.807, 2.05) is 17.5 Å². The van der Waals surface area contributed by atoms with Crippen LogP contribution in [-0.4, -0.2) is 30.1 Å². The highest BCUT2D eigenvalue weighted by molar-refractivity contribution is 7.14. The van der Waals surface area contributed by atoms with E-state index in [4.69, 9.17) is 16.3 Å². The van der Waals surface area contributed by atoms with Gasteiger partial charge in [0.1, 0.15) is 5.82 Å². The molecule has 3 aromatic rings. The van der Waals surface area contributed by atoms with Crippen LogP contribution in [0.2, 0.25) is 5.02 Å². The number of carbonyl (C=O) groups is 1. The Hall–Kier alpha value is -2.28. The summed E-state index contributed by atoms with van der Waals surface area (Å²) in [6, 6.07) is 13.1. The van der Waals surface area contributed by atoms with Crippen LogP contribution in [0.5, 0.6) is 0 Å². The molecule has 0 unspecified atom stereocenters. The number of ether oxygens (including phenoxy) is 1. The third kappa shape index (κ3) is 4.24. The Labute approximate surface area is 171 Å². The summed E-state index contributed by atoms with van der Waals surface area (Å²) in [4.78, 5) is 19.4. The number of thiazole rings is 1. The minimum Gasteiger partial charge on any atom is -0.376 e. The number of rotatable bonds is 5. The van der Waals surface area contributed by atoms with Crippen molar-refractivity contribution in [2.45, 2.75) is 18.9 Å². The second-order valence-electron chi connectivity index (χ2n) is 6.58. The maximum absolute atomic E-state index is 13.6. The van der Waals surface area contributed by atoms with Gasteiger partial charge in [-0.25, -0.2) is 9.37 Å². The zero-order valence-corrected chi connectivity index (χ0v) is 16.5. The fraction of sp³-hybridized carbons (Fsp3) is 0.238. The first kappa shape index (κ1) is 19.1. The van der Waals surface area contributed by atoms with Crippen molar-refractivity contribution in [3.05, 3.63) is 70.3 Å². The van der Waals surface area contributed by atoms with Crippen molar-refractivity contribution in [3.8, 4) is 11.3 Å². The Kier molecular flexibility index (Phi) is 5.71. The van der Waals surface area contributed by atoms with E-state index in [9.17, 15) is 9.18 Å². The molecule has 0 aliphatic carbocycles. The van der Waals surface area contributed by atoms with Crippen molar-refractivity contribution in [3.63, 3.8) is 0 Å². The van der Waals surface area contributed by atoms with E-state index in [0.717, 1.165) is 24.1 Å². The first-order valence-corrected chi connectivity index (χ1v) is 10.3. The highest BCUT2D eigenvalue weighted by Crippen LogP contribution is 2.30. The quantitative estimate of drug-likeness (QED) is 0.557. The molecule has 144 valence electrons. The molecule has 1 fully saturated rings. The van der Waals surface area contributed by atoms with Crippen LogP contribution in [-0.2, 0) is 4.74 Å². The van der Waals surface area contributed by atoms with E-state index in [0.29, 0.717) is 28.9 Å². The smallest absolute Gasteiger partial charge is 0.260 e. The molecule has 1 aliphatic heterocycles. The van der Waals surface area contributed by atoms with Crippen molar-refractivity contribution in [2.75, 3.05) is 18.1 Å². The molecule has 0 N–H and O–H groups in total. The zero-order chi connectivity index (χ0) is 19.5. The summed E-state index contributed by atoms with van der Waals surface area (Å²) < 4.78 is 19.4. The maximum Gasteiger partial charge on any atom is 0.260 e. The second kappa shape index (κ2) is 8.39. The topological polar surface area (TPSA) is 42.4 Å². The van der Waals surface area contributed by atoms with Gasteiger partial charge in [-0.2, -0.15) is 0 Å². The maximum atomic E-state index is 13.6. The minimum atomic E-state index is -0.441. The molecule has 28 heavy (non-hydrogen) atoms. The summed E-state index contributed by atoms with van der Waals surface area (Å²) >= 11 is 7.34. The van der Waals surface area contributed by atoms with Crippen LogP contribution in [0, 0.1) is 5.82 Å². The van der Waals surface area contributed by atoms with E-state index in [2.05, 4.69) is 4.98 Å². The van der Waals surface area contributed by atoms with Crippen molar-refractivity contribution < 1.29 is 13.9 Å². The minimum absolute atomic E-state index is 0.0413. The number of benzene rings is 2. The normalized spacial score (nSPS) is 16.3. The molecule has 0 saturated carbocycles. The van der Waals surface area contributed by atoms with E-state index >= 15 is 0 Å². The van der Waals surface area contributed by atoms with E-state index in [1.165, 1.54) is 29.5 Å². The number of anilines is 1. The van der Waals surface area contributed by atoms with Gasteiger partial charge in [0.05, 0.1) is 18.3 Å². The third-order valence-electron chi connectivity index (χ3n) is 4.59. The number of carbonyl (C=O) groups excluding carboxylic acids is 1. The van der Waals surface area contributed by atoms with E-state index in [-0.39, 0.29) is 12.0 Å². The second-order valence-corrected chi connectivity index (χ2v) is 7.86. The fourth-order valence-electron chi connectivity index (χ4n) is 3.16. The first-order chi connectivity index (χ1) is 13.6. The van der Waals surface area contributed by atoms with Crippen LogP contribution < -0.4 is 4.90 Å². The zero-order valence-electron chi connectivity index (χ0n) is 15.0. The summed E-state index contributed by atoms with van der Waals surface area (Å²) in [6.45, 7) is 1.09. The van der Waals surface area contributed by atoms with Gasteiger partial charge >= 0.3 is 0 Å². The lowest BCUT2D eigenvalue weighted by atomic mass is 10.1. The molecule has 2 aromatic carbocycles. The predicted molar refractivity (Wildman–Crippen MR) is 110 cm³/mol. The summed E-state index contributed by atoms with van der Waals surface area (Å²) in [6.07, 6.45) is 1.82. The van der Waals surface area contributed by atoms with E-state index in [1.54, 1.807) is 23.1 Å². The molecular formula is C21H18ClFN2O2S. The van der Waals surface area contributed by atoms with Gasteiger partial charge in [-0.1, -0.05) is 29.8 Å². The van der Waals surface area contributed by atoms with Crippen LogP contribution >= 0.6 is 22.9 Å². The summed E-state index contributed by atoms with van der Waals surface area (Å²) in [5.41, 5.74) is 1.98. The largest absolute Gasteiger partial charge is 0.376 e. The Balaban J connectivity index is 1.65. The molecule has 1 aromatic heterocycles. The molecular weight excluding hydrogens is 399 g/mol. The van der Waals surface area contributed by atoms with Crippen molar-refractivity contribution in [1.82, 2.24) is 4.98 Å². The number of halogens is 2. The van der Waals surface area contributed by atoms with Gasteiger partial charge in [0.25, 0.3) is 5.91 Å². The molecule has 4 nitrogen and oxygen atoms in total. The van der Waals surface area contributed by atoms with Gasteiger partial charge in [-0.05, 0) is 43.2 Å². The lowest BCUT2D eigenvalue weighted by molar-refractivity contribution is 0.0917. The number of nitrogens with zero attached hydrogens (tertiary/aromatic N) is 2. The lowest BCUT2D eigenvalue weighted by Gasteiger charge is -2.23. The van der Waals surface area contributed by atoms with Crippen LogP contribution in [0.4, 0.5) is 9.52 Å². The SMILES string of the molecule is O=C(c1cccc(F)c1)N(C[C@@H]1CCCO1)c1nc(-c2ccc(Cl)cc2)cs1. The molecule has 1 aliphatic rings. The number of hydrogen-bond donors (Lipinski definition) is 0. The molecule has 1 atom stereocenters. The third-order valence-corrected chi connectivity index (χ3v) is 5.71. The lowest BCUT2D eigenvalue weighted by Crippen LogP contribution is -2.37. The Morgan fingerprint density at radius 1 is 1.29 bits per heavy atom. The standard InChI is InChI=1S/C21H18ClFN2O2S/c22-16-8-6-14(7-9-16)19-13-28-21(24-19)25(12-18-5-2-10-27-18)20(26)15-3-1-4-17(23)11-15/h1,3-4,6-9,11,13,18H,2,5,10,12H2/t18-/m0/s1. The van der Waals surface area contributed by atoms with Gasteiger partial charge in [-0.3, -0.25) is 9.69 Å². The average Bonchev–Trinajstić information content (AvgIpc) is 3.38. The van der Waals surface area contributed by atoms with Crippen molar-refractivity contribution in [1.29, 1.82) is 0 Å². The molecule has 0 radical (unpaired) electrons. The molecule has 4 rings (SSSR count). The van der Waals surface area contributed by atoms with Gasteiger partial charge in [0.15, 0.2) is 5.13 Å². The Morgan fingerprint density at radius 3 is 2.82 bits per heavy atom. The fourth-order valence-corrected chi connectivity index (χ4v) is 4.13. The van der Waals surface area contributed by atoms with Crippen LogP contribution in [0.25, 0.3) is 11.3 Å². The summed E-state index contributed by atoms with van der Waals surface area (Å²) in [5.74, 6) is -0.726. The molecule has 2 heterocycles. The van der Waals surface area contributed by atoms with Crippen LogP contribution in [0.1, 0.15) is 23.2 Å². The Morgan fingerprint density at radius 2 is 2.11 bits per heavy atom.